The molecule has 1 aliphatic rings. The maximum Gasteiger partial charge on any atom is 0.252 e. The van der Waals surface area contributed by atoms with Crippen molar-refractivity contribution in [3.63, 3.8) is 0 Å². The van der Waals surface area contributed by atoms with Gasteiger partial charge in [-0.25, -0.2) is 0 Å². The van der Waals surface area contributed by atoms with Crippen molar-refractivity contribution in [1.82, 2.24) is 10.6 Å². The monoisotopic (exact) mass is 291 g/mol. The van der Waals surface area contributed by atoms with E-state index in [9.17, 15) is 9.59 Å². The second-order valence-corrected chi connectivity index (χ2v) is 4.89. The van der Waals surface area contributed by atoms with E-state index in [0.29, 0.717) is 18.7 Å². The fraction of sp³-hybridized carbons (Fsp3) is 0.467. The number of rotatable bonds is 6. The number of hydrogen-bond donors (Lipinski definition) is 3. The zero-order chi connectivity index (χ0) is 15.1. The quantitative estimate of drug-likeness (QED) is 0.668. The van der Waals surface area contributed by atoms with Crippen molar-refractivity contribution < 1.29 is 14.3 Å². The van der Waals surface area contributed by atoms with Crippen molar-refractivity contribution >= 4 is 17.5 Å². The Morgan fingerprint density at radius 3 is 3.00 bits per heavy atom. The highest BCUT2D eigenvalue weighted by Crippen LogP contribution is 2.25. The van der Waals surface area contributed by atoms with E-state index >= 15 is 0 Å². The normalized spacial score (nSPS) is 13.0. The van der Waals surface area contributed by atoms with Gasteiger partial charge in [0.2, 0.25) is 5.91 Å². The van der Waals surface area contributed by atoms with E-state index in [1.807, 2.05) is 12.1 Å². The number of fused-ring (bicyclic) bond motifs is 1. The summed E-state index contributed by atoms with van der Waals surface area (Å²) in [4.78, 5) is 23.8. The Bertz CT molecular complexity index is 517. The molecule has 21 heavy (non-hydrogen) atoms. The molecule has 1 aromatic carbocycles. The van der Waals surface area contributed by atoms with Crippen molar-refractivity contribution in [3.05, 3.63) is 29.3 Å². The predicted molar refractivity (Wildman–Crippen MR) is 80.5 cm³/mol. The minimum atomic E-state index is -0.219. The summed E-state index contributed by atoms with van der Waals surface area (Å²) < 4.78 is 4.84. The van der Waals surface area contributed by atoms with Gasteiger partial charge in [0.25, 0.3) is 5.91 Å². The van der Waals surface area contributed by atoms with Crippen LogP contribution in [0, 0.1) is 0 Å². The highest BCUT2D eigenvalue weighted by atomic mass is 16.5. The standard InChI is InChI=1S/C15H21N3O3/c1-21-9-8-17-14(19)10-18-15(20)12-4-2-6-13-11(12)5-3-7-16-13/h2,4,6,16H,3,5,7-10H2,1H3,(H,17,19)(H,18,20). The van der Waals surface area contributed by atoms with E-state index < -0.39 is 0 Å². The zero-order valence-corrected chi connectivity index (χ0v) is 12.2. The topological polar surface area (TPSA) is 79.5 Å². The number of methoxy groups -OCH3 is 1. The lowest BCUT2D eigenvalue weighted by Gasteiger charge is -2.20. The van der Waals surface area contributed by atoms with Gasteiger partial charge in [-0.2, -0.15) is 0 Å². The molecule has 3 N–H and O–H groups in total. The SMILES string of the molecule is COCCNC(=O)CNC(=O)c1cccc2c1CCCN2. The van der Waals surface area contributed by atoms with Crippen molar-refractivity contribution in [2.45, 2.75) is 12.8 Å². The molecule has 2 amide bonds. The molecule has 0 atom stereocenters. The van der Waals surface area contributed by atoms with Crippen LogP contribution in [0.25, 0.3) is 0 Å². The van der Waals surface area contributed by atoms with Crippen LogP contribution < -0.4 is 16.0 Å². The van der Waals surface area contributed by atoms with Crippen LogP contribution in [0.2, 0.25) is 0 Å². The van der Waals surface area contributed by atoms with Gasteiger partial charge in [0, 0.05) is 31.5 Å². The molecule has 0 fully saturated rings. The molecule has 0 saturated carbocycles. The van der Waals surface area contributed by atoms with Gasteiger partial charge in [0.1, 0.15) is 0 Å². The third-order valence-corrected chi connectivity index (χ3v) is 3.38. The molecule has 1 aliphatic heterocycles. The molecular formula is C15H21N3O3. The number of ether oxygens (including phenoxy) is 1. The predicted octanol–water partition coefficient (Wildman–Crippen LogP) is 0.537. The smallest absolute Gasteiger partial charge is 0.252 e. The van der Waals surface area contributed by atoms with Crippen LogP contribution in [-0.2, 0) is 16.0 Å². The Kier molecular flexibility index (Phi) is 5.57. The largest absolute Gasteiger partial charge is 0.385 e. The lowest BCUT2D eigenvalue weighted by atomic mass is 9.97. The Hall–Kier alpha value is -2.08. The molecule has 0 aromatic heterocycles. The molecule has 1 heterocycles. The second kappa shape index (κ2) is 7.64. The van der Waals surface area contributed by atoms with Crippen LogP contribution in [0.4, 0.5) is 5.69 Å². The maximum absolute atomic E-state index is 12.2. The first-order valence-corrected chi connectivity index (χ1v) is 7.12. The van der Waals surface area contributed by atoms with Crippen molar-refractivity contribution in [2.75, 3.05) is 38.7 Å². The molecule has 2 rings (SSSR count). The number of carbonyl (C=O) groups excluding carboxylic acids is 2. The number of benzene rings is 1. The fourth-order valence-electron chi connectivity index (χ4n) is 2.33. The van der Waals surface area contributed by atoms with Gasteiger partial charge < -0.3 is 20.7 Å². The summed E-state index contributed by atoms with van der Waals surface area (Å²) in [5.41, 5.74) is 2.68. The molecule has 0 bridgehead atoms. The summed E-state index contributed by atoms with van der Waals surface area (Å²) in [5, 5.41) is 8.60. The Morgan fingerprint density at radius 2 is 2.19 bits per heavy atom. The molecule has 0 unspecified atom stereocenters. The molecule has 1 aromatic rings. The Morgan fingerprint density at radius 1 is 1.33 bits per heavy atom. The summed E-state index contributed by atoms with van der Waals surface area (Å²) >= 11 is 0. The summed E-state index contributed by atoms with van der Waals surface area (Å²) in [6.07, 6.45) is 1.89. The molecule has 6 heteroatoms. The van der Waals surface area contributed by atoms with Gasteiger partial charge in [0.15, 0.2) is 0 Å². The first-order valence-electron chi connectivity index (χ1n) is 7.12. The third kappa shape index (κ3) is 4.19. The highest BCUT2D eigenvalue weighted by molar-refractivity contribution is 5.99. The Balaban J connectivity index is 1.90. The van der Waals surface area contributed by atoms with Gasteiger partial charge in [0.05, 0.1) is 13.2 Å². The molecule has 0 aliphatic carbocycles. The lowest BCUT2D eigenvalue weighted by molar-refractivity contribution is -0.120. The summed E-state index contributed by atoms with van der Waals surface area (Å²) in [6.45, 7) is 1.80. The molecule has 0 radical (unpaired) electrons. The first-order chi connectivity index (χ1) is 10.2. The number of anilines is 1. The van der Waals surface area contributed by atoms with E-state index in [-0.39, 0.29) is 18.4 Å². The second-order valence-electron chi connectivity index (χ2n) is 4.89. The zero-order valence-electron chi connectivity index (χ0n) is 12.2. The lowest BCUT2D eigenvalue weighted by Crippen LogP contribution is -2.38. The fourth-order valence-corrected chi connectivity index (χ4v) is 2.33. The van der Waals surface area contributed by atoms with Crippen LogP contribution in [0.1, 0.15) is 22.3 Å². The van der Waals surface area contributed by atoms with E-state index in [0.717, 1.165) is 30.6 Å². The number of nitrogens with one attached hydrogen (secondary N) is 3. The van der Waals surface area contributed by atoms with Gasteiger partial charge in [-0.05, 0) is 30.5 Å². The van der Waals surface area contributed by atoms with Crippen LogP contribution in [0.5, 0.6) is 0 Å². The van der Waals surface area contributed by atoms with E-state index in [2.05, 4.69) is 16.0 Å². The molecule has 0 spiro atoms. The third-order valence-electron chi connectivity index (χ3n) is 3.38. The average Bonchev–Trinajstić information content (AvgIpc) is 2.52. The first kappa shape index (κ1) is 15.3. The summed E-state index contributed by atoms with van der Waals surface area (Å²) in [6, 6.07) is 5.62. The van der Waals surface area contributed by atoms with E-state index in [1.165, 1.54) is 0 Å². The van der Waals surface area contributed by atoms with Crippen molar-refractivity contribution in [3.8, 4) is 0 Å². The van der Waals surface area contributed by atoms with E-state index in [1.54, 1.807) is 13.2 Å². The van der Waals surface area contributed by atoms with Crippen molar-refractivity contribution in [2.24, 2.45) is 0 Å². The highest BCUT2D eigenvalue weighted by Gasteiger charge is 2.17. The summed E-state index contributed by atoms with van der Waals surface area (Å²) in [7, 11) is 1.57. The van der Waals surface area contributed by atoms with Crippen LogP contribution in [0.15, 0.2) is 18.2 Å². The molecule has 114 valence electrons. The molecule has 0 saturated heterocycles. The molecular weight excluding hydrogens is 270 g/mol. The van der Waals surface area contributed by atoms with Crippen molar-refractivity contribution in [1.29, 1.82) is 0 Å². The van der Waals surface area contributed by atoms with Gasteiger partial charge in [-0.3, -0.25) is 9.59 Å². The minimum absolute atomic E-state index is 0.0281. The average molecular weight is 291 g/mol. The Labute approximate surface area is 124 Å². The number of hydrogen-bond acceptors (Lipinski definition) is 4. The number of amides is 2. The van der Waals surface area contributed by atoms with Gasteiger partial charge in [-0.1, -0.05) is 6.07 Å². The van der Waals surface area contributed by atoms with Crippen LogP contribution >= 0.6 is 0 Å². The van der Waals surface area contributed by atoms with Crippen LogP contribution in [-0.4, -0.2) is 45.2 Å². The number of carbonyl (C=O) groups is 2. The minimum Gasteiger partial charge on any atom is -0.385 e. The summed E-state index contributed by atoms with van der Waals surface area (Å²) in [5.74, 6) is -0.430. The maximum atomic E-state index is 12.2. The van der Waals surface area contributed by atoms with E-state index in [4.69, 9.17) is 4.74 Å². The van der Waals surface area contributed by atoms with Gasteiger partial charge >= 0.3 is 0 Å². The van der Waals surface area contributed by atoms with Gasteiger partial charge in [-0.15, -0.1) is 0 Å². The van der Waals surface area contributed by atoms with Crippen LogP contribution in [0.3, 0.4) is 0 Å². The molecule has 6 nitrogen and oxygen atoms in total.